The Morgan fingerprint density at radius 3 is 2.24 bits per heavy atom. The molecule has 0 spiro atoms. The standard InChI is InChI=1S/C23H18F2N6O2S/c1-12-20(13(2)32)34-23(26-12)31-30-19-11-18(27-16-7-3-5-14(24)9-16)21(29-22(19)33)28-17-8-4-6-15(25)10-17/h3-11,27H,1-2H3,(H2,28,29,33). The van der Waals surface area contributed by atoms with Crippen molar-refractivity contribution in [3.8, 4) is 0 Å². The first-order chi connectivity index (χ1) is 16.3. The van der Waals surface area contributed by atoms with Gasteiger partial charge in [-0.1, -0.05) is 23.5 Å². The van der Waals surface area contributed by atoms with Gasteiger partial charge in [0.2, 0.25) is 5.13 Å². The molecule has 3 N–H and O–H groups in total. The summed E-state index contributed by atoms with van der Waals surface area (Å²) in [6.07, 6.45) is 0. The summed E-state index contributed by atoms with van der Waals surface area (Å²) in [5, 5.41) is 14.2. The van der Waals surface area contributed by atoms with Gasteiger partial charge in [0, 0.05) is 18.3 Å². The van der Waals surface area contributed by atoms with Gasteiger partial charge in [-0.05, 0) is 49.4 Å². The molecule has 0 saturated carbocycles. The molecule has 0 bridgehead atoms. The van der Waals surface area contributed by atoms with E-state index in [1.165, 1.54) is 49.4 Å². The van der Waals surface area contributed by atoms with Gasteiger partial charge in [-0.3, -0.25) is 9.59 Å². The summed E-state index contributed by atoms with van der Waals surface area (Å²) in [4.78, 5) is 31.6. The van der Waals surface area contributed by atoms with Crippen LogP contribution in [0.3, 0.4) is 0 Å². The lowest BCUT2D eigenvalue weighted by Crippen LogP contribution is -2.10. The number of azo groups is 1. The Hall–Kier alpha value is -4.25. The van der Waals surface area contributed by atoms with Gasteiger partial charge in [0.1, 0.15) is 17.5 Å². The van der Waals surface area contributed by atoms with E-state index in [0.29, 0.717) is 27.6 Å². The molecule has 0 saturated heterocycles. The molecule has 4 rings (SSSR count). The fourth-order valence-electron chi connectivity index (χ4n) is 3.07. The Morgan fingerprint density at radius 2 is 1.65 bits per heavy atom. The van der Waals surface area contributed by atoms with Crippen molar-refractivity contribution in [2.75, 3.05) is 10.6 Å². The van der Waals surface area contributed by atoms with Crippen molar-refractivity contribution in [2.24, 2.45) is 10.2 Å². The number of thiazole rings is 1. The maximum Gasteiger partial charge on any atom is 0.277 e. The number of pyridine rings is 1. The summed E-state index contributed by atoms with van der Waals surface area (Å²) in [7, 11) is 0. The van der Waals surface area contributed by atoms with Crippen molar-refractivity contribution in [1.29, 1.82) is 0 Å². The molecule has 0 aliphatic carbocycles. The molecular weight excluding hydrogens is 462 g/mol. The molecule has 0 aliphatic heterocycles. The van der Waals surface area contributed by atoms with E-state index < -0.39 is 17.2 Å². The van der Waals surface area contributed by atoms with Crippen LogP contribution in [0.2, 0.25) is 0 Å². The van der Waals surface area contributed by atoms with E-state index in [0.717, 1.165) is 11.3 Å². The number of nitrogens with one attached hydrogen (secondary N) is 3. The molecule has 2 aromatic carbocycles. The van der Waals surface area contributed by atoms with E-state index in [9.17, 15) is 18.4 Å². The highest BCUT2D eigenvalue weighted by molar-refractivity contribution is 7.17. The van der Waals surface area contributed by atoms with Gasteiger partial charge < -0.3 is 15.6 Å². The average molecular weight is 481 g/mol. The van der Waals surface area contributed by atoms with Crippen molar-refractivity contribution >= 4 is 50.8 Å². The number of aromatic amines is 1. The number of ketones is 1. The summed E-state index contributed by atoms with van der Waals surface area (Å²) >= 11 is 1.07. The summed E-state index contributed by atoms with van der Waals surface area (Å²) < 4.78 is 27.3. The van der Waals surface area contributed by atoms with Crippen LogP contribution in [0.25, 0.3) is 0 Å². The molecule has 0 radical (unpaired) electrons. The number of carbonyl (C=O) groups is 1. The fraction of sp³-hybridized carbons (Fsp3) is 0.0870. The highest BCUT2D eigenvalue weighted by atomic mass is 32.1. The number of aromatic nitrogens is 2. The third-order valence-corrected chi connectivity index (χ3v) is 5.71. The number of benzene rings is 2. The highest BCUT2D eigenvalue weighted by Crippen LogP contribution is 2.31. The van der Waals surface area contributed by atoms with Gasteiger partial charge in [-0.25, -0.2) is 13.8 Å². The minimum atomic E-state index is -0.576. The van der Waals surface area contributed by atoms with E-state index in [1.807, 2.05) is 0 Å². The van der Waals surface area contributed by atoms with Crippen LogP contribution in [0.1, 0.15) is 22.3 Å². The fourth-order valence-corrected chi connectivity index (χ4v) is 3.86. The number of nitrogens with zero attached hydrogens (tertiary/aromatic N) is 3. The zero-order valence-electron chi connectivity index (χ0n) is 18.0. The van der Waals surface area contributed by atoms with Gasteiger partial charge in [0.25, 0.3) is 5.56 Å². The van der Waals surface area contributed by atoms with Gasteiger partial charge in [0.15, 0.2) is 11.5 Å². The summed E-state index contributed by atoms with van der Waals surface area (Å²) in [5.41, 5.74) is 1.04. The van der Waals surface area contributed by atoms with Crippen LogP contribution in [0, 0.1) is 18.6 Å². The van der Waals surface area contributed by atoms with Crippen molar-refractivity contribution in [3.05, 3.63) is 87.2 Å². The molecule has 0 unspecified atom stereocenters. The Morgan fingerprint density at radius 1 is 1.00 bits per heavy atom. The summed E-state index contributed by atoms with van der Waals surface area (Å²) in [5.74, 6) is -0.832. The Balaban J connectivity index is 1.72. The highest BCUT2D eigenvalue weighted by Gasteiger charge is 2.13. The average Bonchev–Trinajstić information content (AvgIpc) is 3.15. The van der Waals surface area contributed by atoms with E-state index in [1.54, 1.807) is 19.1 Å². The van der Waals surface area contributed by atoms with Crippen LogP contribution >= 0.6 is 11.3 Å². The zero-order valence-corrected chi connectivity index (χ0v) is 18.8. The summed E-state index contributed by atoms with van der Waals surface area (Å²) in [6.45, 7) is 3.12. The van der Waals surface area contributed by atoms with Gasteiger partial charge in [-0.2, -0.15) is 0 Å². The minimum absolute atomic E-state index is 0.0547. The molecule has 4 aromatic rings. The molecule has 172 valence electrons. The molecule has 11 heteroatoms. The van der Waals surface area contributed by atoms with Crippen LogP contribution in [-0.2, 0) is 0 Å². The first kappa shape index (κ1) is 22.9. The van der Waals surface area contributed by atoms with Gasteiger partial charge in [0.05, 0.1) is 16.3 Å². The molecular formula is C23H18F2N6O2S. The van der Waals surface area contributed by atoms with Crippen molar-refractivity contribution in [2.45, 2.75) is 13.8 Å². The molecule has 2 heterocycles. The third kappa shape index (κ3) is 5.38. The predicted molar refractivity (Wildman–Crippen MR) is 127 cm³/mol. The normalized spacial score (nSPS) is 11.1. The van der Waals surface area contributed by atoms with Crippen molar-refractivity contribution in [1.82, 2.24) is 9.97 Å². The maximum absolute atomic E-state index is 13.7. The molecule has 0 aliphatic rings. The zero-order chi connectivity index (χ0) is 24.2. The van der Waals surface area contributed by atoms with Crippen molar-refractivity contribution < 1.29 is 13.6 Å². The first-order valence-corrected chi connectivity index (χ1v) is 10.8. The van der Waals surface area contributed by atoms with Crippen LogP contribution in [0.15, 0.2) is 69.6 Å². The van der Waals surface area contributed by atoms with Crippen LogP contribution in [0.4, 0.5) is 42.5 Å². The number of hydrogen-bond acceptors (Lipinski definition) is 8. The number of H-pyrrole nitrogens is 1. The number of anilines is 4. The molecule has 0 amide bonds. The monoisotopic (exact) mass is 480 g/mol. The molecule has 2 aromatic heterocycles. The third-order valence-electron chi connectivity index (χ3n) is 4.57. The minimum Gasteiger partial charge on any atom is -0.352 e. The Kier molecular flexibility index (Phi) is 6.55. The number of Topliss-reactive ketones (excluding diaryl/α,β-unsaturated/α-hetero) is 1. The first-order valence-electron chi connectivity index (χ1n) is 10.0. The lowest BCUT2D eigenvalue weighted by atomic mass is 10.2. The second-order valence-electron chi connectivity index (χ2n) is 7.21. The second-order valence-corrected chi connectivity index (χ2v) is 8.19. The van der Waals surface area contributed by atoms with Crippen LogP contribution < -0.4 is 16.2 Å². The number of carbonyl (C=O) groups excluding carboxylic acids is 1. The topological polar surface area (TPSA) is 112 Å². The van der Waals surface area contributed by atoms with Gasteiger partial charge >= 0.3 is 0 Å². The number of aryl methyl sites for hydroxylation is 1. The van der Waals surface area contributed by atoms with Crippen molar-refractivity contribution in [3.63, 3.8) is 0 Å². The SMILES string of the molecule is CC(=O)c1sc(N=Nc2cc(Nc3cccc(F)c3)c(Nc3cccc(F)c3)[nH]c2=O)nc1C. The van der Waals surface area contributed by atoms with Gasteiger partial charge in [-0.15, -0.1) is 10.2 Å². The van der Waals surface area contributed by atoms with E-state index in [-0.39, 0.29) is 22.4 Å². The van der Waals surface area contributed by atoms with E-state index in [4.69, 9.17) is 0 Å². The van der Waals surface area contributed by atoms with Crippen LogP contribution in [0.5, 0.6) is 0 Å². The Labute approximate surface area is 196 Å². The quantitative estimate of drug-likeness (QED) is 0.206. The van der Waals surface area contributed by atoms with E-state index >= 15 is 0 Å². The number of hydrogen-bond donors (Lipinski definition) is 3. The lowest BCUT2D eigenvalue weighted by Gasteiger charge is -2.14. The molecule has 8 nitrogen and oxygen atoms in total. The second kappa shape index (κ2) is 9.71. The number of halogens is 2. The largest absolute Gasteiger partial charge is 0.352 e. The molecule has 34 heavy (non-hydrogen) atoms. The summed E-state index contributed by atoms with van der Waals surface area (Å²) in [6, 6.07) is 12.9. The molecule has 0 atom stereocenters. The smallest absolute Gasteiger partial charge is 0.277 e. The molecule has 0 fully saturated rings. The van der Waals surface area contributed by atoms with Crippen LogP contribution in [-0.4, -0.2) is 15.8 Å². The van der Waals surface area contributed by atoms with E-state index in [2.05, 4.69) is 30.8 Å². The lowest BCUT2D eigenvalue weighted by molar-refractivity contribution is 0.102. The maximum atomic E-state index is 13.7. The number of rotatable bonds is 7. The predicted octanol–water partition coefficient (Wildman–Crippen LogP) is 6.52. The Bertz CT molecular complexity index is 1460.